The van der Waals surface area contributed by atoms with Gasteiger partial charge in [-0.2, -0.15) is 0 Å². The Balaban J connectivity index is 1.45. The Hall–Kier alpha value is -1.92. The molecule has 5 rings (SSSR count). The fourth-order valence-electron chi connectivity index (χ4n) is 6.06. The molecule has 34 heavy (non-hydrogen) atoms. The zero-order chi connectivity index (χ0) is 23.2. The summed E-state index contributed by atoms with van der Waals surface area (Å²) in [7, 11) is 1.76. The van der Waals surface area contributed by atoms with E-state index in [2.05, 4.69) is 58.7 Å². The molecule has 2 aromatic carbocycles. The van der Waals surface area contributed by atoms with Crippen molar-refractivity contribution in [3.63, 3.8) is 0 Å². The number of nitrogens with one attached hydrogen (secondary N) is 1. The summed E-state index contributed by atoms with van der Waals surface area (Å²) in [5.41, 5.74) is 4.05. The Morgan fingerprint density at radius 2 is 1.91 bits per heavy atom. The van der Waals surface area contributed by atoms with Crippen LogP contribution >= 0.6 is 0 Å². The molecule has 0 bridgehead atoms. The van der Waals surface area contributed by atoms with Crippen molar-refractivity contribution in [1.29, 1.82) is 0 Å². The van der Waals surface area contributed by atoms with Crippen molar-refractivity contribution in [3.8, 4) is 5.75 Å². The first-order valence-corrected chi connectivity index (χ1v) is 13.2. The van der Waals surface area contributed by atoms with Gasteiger partial charge in [-0.25, -0.2) is 0 Å². The molecule has 2 saturated heterocycles. The van der Waals surface area contributed by atoms with Gasteiger partial charge in [-0.15, -0.1) is 0 Å². The van der Waals surface area contributed by atoms with Gasteiger partial charge < -0.3 is 19.5 Å². The predicted octanol–water partition coefficient (Wildman–Crippen LogP) is 5.06. The predicted molar refractivity (Wildman–Crippen MR) is 135 cm³/mol. The van der Waals surface area contributed by atoms with Crippen LogP contribution < -0.4 is 10.1 Å². The zero-order valence-electron chi connectivity index (χ0n) is 20.6. The van der Waals surface area contributed by atoms with E-state index < -0.39 is 0 Å². The molecule has 3 aliphatic heterocycles. The number of methoxy groups -OCH3 is 1. The summed E-state index contributed by atoms with van der Waals surface area (Å²) in [6.07, 6.45) is 8.20. The normalized spacial score (nSPS) is 25.0. The topological polar surface area (TPSA) is 43.0 Å². The van der Waals surface area contributed by atoms with E-state index in [-0.39, 0.29) is 12.1 Å². The maximum atomic E-state index is 6.86. The van der Waals surface area contributed by atoms with E-state index in [1.807, 2.05) is 0 Å². The first-order chi connectivity index (χ1) is 16.8. The van der Waals surface area contributed by atoms with Crippen molar-refractivity contribution in [1.82, 2.24) is 10.2 Å². The zero-order valence-corrected chi connectivity index (χ0v) is 20.6. The third kappa shape index (κ3) is 5.49. The first-order valence-electron chi connectivity index (χ1n) is 13.2. The molecular weight excluding hydrogens is 424 g/mol. The summed E-state index contributed by atoms with van der Waals surface area (Å²) < 4.78 is 18.1. The minimum Gasteiger partial charge on any atom is -0.497 e. The largest absolute Gasteiger partial charge is 0.497 e. The Bertz CT molecular complexity index is 894. The number of hydrogen-bond acceptors (Lipinski definition) is 5. The first kappa shape index (κ1) is 23.8. The van der Waals surface area contributed by atoms with Crippen molar-refractivity contribution < 1.29 is 14.2 Å². The average molecular weight is 465 g/mol. The summed E-state index contributed by atoms with van der Waals surface area (Å²) >= 11 is 0. The smallest absolute Gasteiger partial charge is 0.119 e. The van der Waals surface area contributed by atoms with Gasteiger partial charge >= 0.3 is 0 Å². The van der Waals surface area contributed by atoms with Gasteiger partial charge in [0.05, 0.1) is 13.2 Å². The number of ether oxygens (including phenoxy) is 3. The number of benzene rings is 2. The van der Waals surface area contributed by atoms with Gasteiger partial charge in [0.2, 0.25) is 0 Å². The van der Waals surface area contributed by atoms with Crippen LogP contribution in [0, 0.1) is 0 Å². The van der Waals surface area contributed by atoms with Crippen molar-refractivity contribution in [3.05, 3.63) is 65.2 Å². The van der Waals surface area contributed by atoms with Gasteiger partial charge in [-0.1, -0.05) is 42.8 Å². The molecule has 0 saturated carbocycles. The van der Waals surface area contributed by atoms with Crippen LogP contribution in [0.2, 0.25) is 0 Å². The third-order valence-corrected chi connectivity index (χ3v) is 7.92. The van der Waals surface area contributed by atoms with Crippen molar-refractivity contribution in [2.45, 2.75) is 69.2 Å². The highest BCUT2D eigenvalue weighted by Crippen LogP contribution is 2.44. The van der Waals surface area contributed by atoms with Crippen LogP contribution in [0.25, 0.3) is 0 Å². The van der Waals surface area contributed by atoms with Crippen LogP contribution in [0.3, 0.4) is 0 Å². The van der Waals surface area contributed by atoms with E-state index >= 15 is 0 Å². The maximum Gasteiger partial charge on any atom is 0.119 e. The van der Waals surface area contributed by atoms with E-state index in [1.54, 1.807) is 7.11 Å². The lowest BCUT2D eigenvalue weighted by molar-refractivity contribution is -0.0586. The second-order valence-electron chi connectivity index (χ2n) is 9.98. The molecule has 0 radical (unpaired) electrons. The number of piperidine rings is 1. The lowest BCUT2D eigenvalue weighted by Crippen LogP contribution is -2.47. The van der Waals surface area contributed by atoms with Crippen LogP contribution in [0.4, 0.5) is 0 Å². The third-order valence-electron chi connectivity index (χ3n) is 7.92. The van der Waals surface area contributed by atoms with Crippen LogP contribution in [0.1, 0.15) is 67.4 Å². The minimum absolute atomic E-state index is 0.0000744. The molecule has 1 N–H and O–H groups in total. The van der Waals surface area contributed by atoms with Crippen molar-refractivity contribution in [2.75, 3.05) is 40.0 Å². The van der Waals surface area contributed by atoms with Crippen LogP contribution in [-0.4, -0.2) is 57.0 Å². The molecule has 5 heteroatoms. The van der Waals surface area contributed by atoms with Crippen molar-refractivity contribution in [2.24, 2.45) is 0 Å². The fraction of sp³-hybridized carbons (Fsp3) is 0.586. The molecule has 0 aromatic heterocycles. The SMILES string of the molecule is COc1ccc2c(c1)CCN(C1CCOCC1)C2C(OCCC1CCCCN1)c1ccccc1. The van der Waals surface area contributed by atoms with Gasteiger partial charge in [-0.3, -0.25) is 4.90 Å². The molecule has 5 nitrogen and oxygen atoms in total. The van der Waals surface area contributed by atoms with Gasteiger partial charge in [0.25, 0.3) is 0 Å². The molecule has 184 valence electrons. The Morgan fingerprint density at radius 1 is 1.06 bits per heavy atom. The Labute approximate surface area is 204 Å². The molecular formula is C29H40N2O3. The molecule has 2 aromatic rings. The molecule has 0 aliphatic carbocycles. The van der Waals surface area contributed by atoms with Crippen LogP contribution in [-0.2, 0) is 15.9 Å². The van der Waals surface area contributed by atoms with E-state index in [9.17, 15) is 0 Å². The summed E-state index contributed by atoms with van der Waals surface area (Å²) in [6.45, 7) is 4.68. The quantitative estimate of drug-likeness (QED) is 0.591. The molecule has 0 spiro atoms. The Kier molecular flexibility index (Phi) is 8.17. The lowest BCUT2D eigenvalue weighted by atomic mass is 9.84. The highest BCUT2D eigenvalue weighted by molar-refractivity contribution is 5.41. The second-order valence-corrected chi connectivity index (χ2v) is 9.98. The minimum atomic E-state index is 0.0000744. The van der Waals surface area contributed by atoms with Gasteiger partial charge in [0.15, 0.2) is 0 Å². The second kappa shape index (κ2) is 11.7. The van der Waals surface area contributed by atoms with Gasteiger partial charge in [0, 0.05) is 38.4 Å². The number of nitrogens with zero attached hydrogens (tertiary/aromatic N) is 1. The standard InChI is InChI=1S/C29H40N2O3/c1-32-26-10-11-27-23(21-26)12-17-31(25-14-18-33-19-15-25)28(27)29(22-7-3-2-4-8-22)34-20-13-24-9-5-6-16-30-24/h2-4,7-8,10-11,21,24-25,28-30H,5-6,9,12-20H2,1H3. The van der Waals surface area contributed by atoms with E-state index in [4.69, 9.17) is 14.2 Å². The summed E-state index contributed by atoms with van der Waals surface area (Å²) in [5, 5.41) is 3.68. The molecule has 3 aliphatic rings. The average Bonchev–Trinajstić information content (AvgIpc) is 2.92. The Morgan fingerprint density at radius 3 is 2.68 bits per heavy atom. The lowest BCUT2D eigenvalue weighted by Gasteiger charge is -2.46. The molecule has 2 fully saturated rings. The van der Waals surface area contributed by atoms with Gasteiger partial charge in [-0.05, 0) is 73.9 Å². The molecule has 3 atom stereocenters. The van der Waals surface area contributed by atoms with E-state index in [0.29, 0.717) is 12.1 Å². The maximum absolute atomic E-state index is 6.86. The molecule has 3 heterocycles. The monoisotopic (exact) mass is 464 g/mol. The summed E-state index contributed by atoms with van der Waals surface area (Å²) in [6, 6.07) is 18.8. The summed E-state index contributed by atoms with van der Waals surface area (Å²) in [4.78, 5) is 2.73. The van der Waals surface area contributed by atoms with E-state index in [1.165, 1.54) is 36.0 Å². The molecule has 3 unspecified atom stereocenters. The summed E-state index contributed by atoms with van der Waals surface area (Å²) in [5.74, 6) is 0.942. The van der Waals surface area contributed by atoms with Crippen LogP contribution in [0.5, 0.6) is 5.75 Å². The fourth-order valence-corrected chi connectivity index (χ4v) is 6.06. The van der Waals surface area contributed by atoms with Gasteiger partial charge in [0.1, 0.15) is 11.9 Å². The highest BCUT2D eigenvalue weighted by atomic mass is 16.5. The molecule has 0 amide bonds. The van der Waals surface area contributed by atoms with Crippen molar-refractivity contribution >= 4 is 0 Å². The number of fused-ring (bicyclic) bond motifs is 1. The number of hydrogen-bond donors (Lipinski definition) is 1. The highest BCUT2D eigenvalue weighted by Gasteiger charge is 2.39. The van der Waals surface area contributed by atoms with Crippen LogP contribution in [0.15, 0.2) is 48.5 Å². The number of rotatable bonds is 8. The van der Waals surface area contributed by atoms with E-state index in [0.717, 1.165) is 64.3 Å².